The van der Waals surface area contributed by atoms with Crippen LogP contribution in [0.15, 0.2) is 23.6 Å². The van der Waals surface area contributed by atoms with Crippen LogP contribution in [0.5, 0.6) is 0 Å². The molecule has 1 amide bonds. The highest BCUT2D eigenvalue weighted by Gasteiger charge is 2.13. The third kappa shape index (κ3) is 3.11. The summed E-state index contributed by atoms with van der Waals surface area (Å²) < 4.78 is 0. The molecule has 2 heterocycles. The van der Waals surface area contributed by atoms with Gasteiger partial charge in [0.1, 0.15) is 0 Å². The average Bonchev–Trinajstić information content (AvgIpc) is 2.90. The van der Waals surface area contributed by atoms with E-state index < -0.39 is 0 Å². The lowest BCUT2D eigenvalue weighted by atomic mass is 10.2. The molecule has 2 aromatic rings. The van der Waals surface area contributed by atoms with Crippen LogP contribution in [0, 0.1) is 6.92 Å². The highest BCUT2D eigenvalue weighted by atomic mass is 32.1. The van der Waals surface area contributed by atoms with Crippen LogP contribution in [0.25, 0.3) is 0 Å². The van der Waals surface area contributed by atoms with Gasteiger partial charge in [-0.15, -0.1) is 22.7 Å². The summed E-state index contributed by atoms with van der Waals surface area (Å²) in [6, 6.07) is 5.98. The van der Waals surface area contributed by atoms with Gasteiger partial charge in [-0.05, 0) is 31.4 Å². The molecular formula is C13H16N2OS2. The van der Waals surface area contributed by atoms with Gasteiger partial charge in [0.05, 0.1) is 4.88 Å². The Bertz CT molecular complexity index is 512. The summed E-state index contributed by atoms with van der Waals surface area (Å²) in [5.74, 6) is -0.0381. The smallest absolute Gasteiger partial charge is 0.261 e. The Morgan fingerprint density at radius 2 is 2.33 bits per heavy atom. The fourth-order valence-corrected chi connectivity index (χ4v) is 3.36. The Balaban J connectivity index is 1.94. The first-order chi connectivity index (χ1) is 8.56. The van der Waals surface area contributed by atoms with Crippen LogP contribution in [0.3, 0.4) is 0 Å². The van der Waals surface area contributed by atoms with E-state index in [2.05, 4.69) is 11.4 Å². The number of anilines is 1. The minimum absolute atomic E-state index is 0.0381. The fraction of sp³-hybridized carbons (Fsp3) is 0.308. The van der Waals surface area contributed by atoms with Crippen LogP contribution >= 0.6 is 22.7 Å². The van der Waals surface area contributed by atoms with E-state index in [1.165, 1.54) is 16.2 Å². The Morgan fingerprint density at radius 1 is 1.56 bits per heavy atom. The van der Waals surface area contributed by atoms with Crippen molar-refractivity contribution in [3.8, 4) is 0 Å². The van der Waals surface area contributed by atoms with E-state index in [1.54, 1.807) is 17.4 Å². The quantitative estimate of drug-likeness (QED) is 0.904. The summed E-state index contributed by atoms with van der Waals surface area (Å²) in [6.45, 7) is 3.94. The molecule has 5 heteroatoms. The summed E-state index contributed by atoms with van der Waals surface area (Å²) >= 11 is 3.15. The van der Waals surface area contributed by atoms with Gasteiger partial charge in [0.2, 0.25) is 0 Å². The molecule has 0 aliphatic carbocycles. The lowest BCUT2D eigenvalue weighted by molar-refractivity contribution is 0.0944. The lowest BCUT2D eigenvalue weighted by Gasteiger charge is -2.11. The maximum Gasteiger partial charge on any atom is 0.261 e. The van der Waals surface area contributed by atoms with Crippen molar-refractivity contribution in [1.82, 2.24) is 5.32 Å². The van der Waals surface area contributed by atoms with Crippen LogP contribution in [0.4, 0.5) is 5.69 Å². The van der Waals surface area contributed by atoms with Crippen molar-refractivity contribution in [2.75, 3.05) is 5.73 Å². The third-order valence-corrected chi connectivity index (χ3v) is 4.61. The van der Waals surface area contributed by atoms with Crippen LogP contribution in [0.2, 0.25) is 0 Å². The highest BCUT2D eigenvalue weighted by molar-refractivity contribution is 7.14. The van der Waals surface area contributed by atoms with Crippen molar-refractivity contribution in [1.29, 1.82) is 0 Å². The molecule has 0 aromatic carbocycles. The molecule has 0 aliphatic rings. The number of carbonyl (C=O) groups is 1. The maximum absolute atomic E-state index is 12.0. The molecule has 2 rings (SSSR count). The van der Waals surface area contributed by atoms with E-state index in [1.807, 2.05) is 25.3 Å². The van der Waals surface area contributed by atoms with Crippen molar-refractivity contribution in [2.45, 2.75) is 26.3 Å². The van der Waals surface area contributed by atoms with E-state index in [4.69, 9.17) is 5.73 Å². The molecule has 0 fully saturated rings. The van der Waals surface area contributed by atoms with E-state index in [9.17, 15) is 4.79 Å². The number of aryl methyl sites for hydroxylation is 1. The third-order valence-electron chi connectivity index (χ3n) is 2.64. The minimum atomic E-state index is -0.0381. The Labute approximate surface area is 115 Å². The van der Waals surface area contributed by atoms with Gasteiger partial charge in [-0.3, -0.25) is 4.79 Å². The summed E-state index contributed by atoms with van der Waals surface area (Å²) in [4.78, 5) is 15.0. The fourth-order valence-electron chi connectivity index (χ4n) is 1.68. The molecule has 0 aliphatic heterocycles. The number of nitrogens with one attached hydrogen (secondary N) is 1. The second kappa shape index (κ2) is 5.54. The molecular weight excluding hydrogens is 264 g/mol. The molecule has 0 bridgehead atoms. The lowest BCUT2D eigenvalue weighted by Crippen LogP contribution is -2.33. The molecule has 96 valence electrons. The zero-order valence-corrected chi connectivity index (χ0v) is 12.0. The number of thiophene rings is 2. The normalized spacial score (nSPS) is 12.3. The second-order valence-electron chi connectivity index (χ2n) is 4.28. The molecule has 1 atom stereocenters. The standard InChI is InChI=1S/C13H16N2OS2/c1-8(6-10-4-3-5-17-10)15-13(16)12-7-11(14)9(2)18-12/h3-5,7-8H,6,14H2,1-2H3,(H,15,16). The zero-order chi connectivity index (χ0) is 13.1. The second-order valence-corrected chi connectivity index (χ2v) is 6.57. The molecule has 3 nitrogen and oxygen atoms in total. The largest absolute Gasteiger partial charge is 0.398 e. The van der Waals surface area contributed by atoms with E-state index in [0.717, 1.165) is 11.3 Å². The van der Waals surface area contributed by atoms with Gasteiger partial charge in [-0.25, -0.2) is 0 Å². The number of nitrogen functional groups attached to an aromatic ring is 1. The number of rotatable bonds is 4. The first-order valence-corrected chi connectivity index (χ1v) is 7.45. The summed E-state index contributed by atoms with van der Waals surface area (Å²) in [5, 5.41) is 5.05. The molecule has 0 saturated heterocycles. The average molecular weight is 280 g/mol. The van der Waals surface area contributed by atoms with Crippen LogP contribution in [-0.2, 0) is 6.42 Å². The van der Waals surface area contributed by atoms with E-state index >= 15 is 0 Å². The van der Waals surface area contributed by atoms with Crippen LogP contribution in [0.1, 0.15) is 26.3 Å². The van der Waals surface area contributed by atoms with Crippen molar-refractivity contribution in [2.24, 2.45) is 0 Å². The van der Waals surface area contributed by atoms with E-state index in [0.29, 0.717) is 10.6 Å². The predicted octanol–water partition coefficient (Wildman–Crippen LogP) is 3.06. The van der Waals surface area contributed by atoms with Gasteiger partial charge in [-0.1, -0.05) is 6.07 Å². The monoisotopic (exact) mass is 280 g/mol. The topological polar surface area (TPSA) is 55.1 Å². The molecule has 0 saturated carbocycles. The molecule has 2 aromatic heterocycles. The Morgan fingerprint density at radius 3 is 2.89 bits per heavy atom. The summed E-state index contributed by atoms with van der Waals surface area (Å²) in [5.41, 5.74) is 6.44. The van der Waals surface area contributed by atoms with Crippen molar-refractivity contribution >= 4 is 34.3 Å². The number of carbonyl (C=O) groups excluding carboxylic acids is 1. The van der Waals surface area contributed by atoms with Gasteiger partial charge in [0.25, 0.3) is 5.91 Å². The highest BCUT2D eigenvalue weighted by Crippen LogP contribution is 2.23. The van der Waals surface area contributed by atoms with Crippen molar-refractivity contribution in [3.05, 3.63) is 38.2 Å². The van der Waals surface area contributed by atoms with Crippen LogP contribution < -0.4 is 11.1 Å². The van der Waals surface area contributed by atoms with Gasteiger partial charge < -0.3 is 11.1 Å². The summed E-state index contributed by atoms with van der Waals surface area (Å²) in [6.07, 6.45) is 0.864. The Hall–Kier alpha value is -1.33. The first kappa shape index (κ1) is 13.1. The first-order valence-electron chi connectivity index (χ1n) is 5.75. The van der Waals surface area contributed by atoms with Gasteiger partial charge in [0, 0.05) is 27.9 Å². The van der Waals surface area contributed by atoms with Crippen molar-refractivity contribution in [3.63, 3.8) is 0 Å². The van der Waals surface area contributed by atoms with Gasteiger partial charge in [0.15, 0.2) is 0 Å². The van der Waals surface area contributed by atoms with E-state index in [-0.39, 0.29) is 11.9 Å². The Kier molecular flexibility index (Phi) is 4.04. The number of hydrogen-bond acceptors (Lipinski definition) is 4. The molecule has 0 radical (unpaired) electrons. The SMILES string of the molecule is Cc1sc(C(=O)NC(C)Cc2cccs2)cc1N. The minimum Gasteiger partial charge on any atom is -0.398 e. The number of nitrogens with two attached hydrogens (primary N) is 1. The van der Waals surface area contributed by atoms with Gasteiger partial charge in [-0.2, -0.15) is 0 Å². The van der Waals surface area contributed by atoms with Gasteiger partial charge >= 0.3 is 0 Å². The number of hydrogen-bond donors (Lipinski definition) is 2. The van der Waals surface area contributed by atoms with Crippen LogP contribution in [-0.4, -0.2) is 11.9 Å². The zero-order valence-electron chi connectivity index (χ0n) is 10.4. The predicted molar refractivity (Wildman–Crippen MR) is 78.4 cm³/mol. The van der Waals surface area contributed by atoms with Crippen molar-refractivity contribution < 1.29 is 4.79 Å². The summed E-state index contributed by atoms with van der Waals surface area (Å²) in [7, 11) is 0. The molecule has 18 heavy (non-hydrogen) atoms. The number of amides is 1. The maximum atomic E-state index is 12.0. The molecule has 1 unspecified atom stereocenters. The molecule has 3 N–H and O–H groups in total. The molecule has 0 spiro atoms.